The fourth-order valence-electron chi connectivity index (χ4n) is 3.62. The number of hydrogen-bond donors (Lipinski definition) is 1. The summed E-state index contributed by atoms with van der Waals surface area (Å²) in [7, 11) is 0. The molecule has 4 heterocycles. The van der Waals surface area contributed by atoms with Gasteiger partial charge in [-0.3, -0.25) is 14.2 Å². The van der Waals surface area contributed by atoms with Gasteiger partial charge in [0.1, 0.15) is 0 Å². The van der Waals surface area contributed by atoms with Crippen molar-refractivity contribution in [1.29, 1.82) is 0 Å². The van der Waals surface area contributed by atoms with Crippen LogP contribution in [0.3, 0.4) is 0 Å². The molecule has 2 aliphatic rings. The maximum Gasteiger partial charge on any atom is 0.193 e. The van der Waals surface area contributed by atoms with Crippen molar-refractivity contribution in [2.75, 3.05) is 26.2 Å². The van der Waals surface area contributed by atoms with Crippen molar-refractivity contribution in [3.05, 3.63) is 23.5 Å². The van der Waals surface area contributed by atoms with E-state index < -0.39 is 0 Å². The number of thiazole rings is 1. The minimum atomic E-state index is 0.428. The molecule has 6 heteroatoms. The van der Waals surface area contributed by atoms with E-state index in [2.05, 4.69) is 32.0 Å². The van der Waals surface area contributed by atoms with Crippen LogP contribution in [-0.4, -0.2) is 57.4 Å². The molecule has 0 amide bonds. The van der Waals surface area contributed by atoms with E-state index in [1.54, 1.807) is 11.3 Å². The molecule has 21 heavy (non-hydrogen) atoms. The molecule has 0 radical (unpaired) electrons. The van der Waals surface area contributed by atoms with Gasteiger partial charge in [0.15, 0.2) is 4.96 Å². The molecular formula is C15H23N5S. The zero-order valence-electron chi connectivity index (χ0n) is 12.3. The zero-order chi connectivity index (χ0) is 14.2. The van der Waals surface area contributed by atoms with Crippen LogP contribution < -0.4 is 5.73 Å². The molecule has 2 aliphatic heterocycles. The standard InChI is InChI=1S/C15H23N5S/c16-12-1-5-19(6-2-12)14-3-4-18(11-14)9-13-10-20-7-8-21-15(20)17-13/h7-8,10,12,14H,1-6,9,11,16H2. The lowest BCUT2D eigenvalue weighted by Crippen LogP contribution is -2.46. The molecule has 4 rings (SSSR count). The molecule has 5 nitrogen and oxygen atoms in total. The lowest BCUT2D eigenvalue weighted by molar-refractivity contribution is 0.151. The predicted octanol–water partition coefficient (Wildman–Crippen LogP) is 1.39. The molecule has 2 saturated heterocycles. The lowest BCUT2D eigenvalue weighted by Gasteiger charge is -2.34. The Bertz CT molecular complexity index is 569. The molecule has 0 saturated carbocycles. The highest BCUT2D eigenvalue weighted by atomic mass is 32.1. The Morgan fingerprint density at radius 3 is 2.90 bits per heavy atom. The number of likely N-dealkylation sites (tertiary alicyclic amines) is 2. The van der Waals surface area contributed by atoms with Gasteiger partial charge >= 0.3 is 0 Å². The molecule has 2 fully saturated rings. The van der Waals surface area contributed by atoms with Crippen LogP contribution in [0, 0.1) is 0 Å². The minimum absolute atomic E-state index is 0.428. The van der Waals surface area contributed by atoms with Crippen molar-refractivity contribution >= 4 is 16.3 Å². The zero-order valence-corrected chi connectivity index (χ0v) is 13.1. The third-order valence-corrected chi connectivity index (χ3v) is 5.64. The molecule has 1 atom stereocenters. The molecule has 0 spiro atoms. The van der Waals surface area contributed by atoms with E-state index in [0.717, 1.165) is 30.4 Å². The summed E-state index contributed by atoms with van der Waals surface area (Å²) in [6.07, 6.45) is 7.86. The highest BCUT2D eigenvalue weighted by Gasteiger charge is 2.29. The second-order valence-corrected chi connectivity index (χ2v) is 7.25. The average molecular weight is 305 g/mol. The molecule has 1 unspecified atom stereocenters. The van der Waals surface area contributed by atoms with Crippen LogP contribution in [-0.2, 0) is 6.54 Å². The monoisotopic (exact) mass is 305 g/mol. The van der Waals surface area contributed by atoms with E-state index in [1.165, 1.54) is 38.3 Å². The van der Waals surface area contributed by atoms with Crippen molar-refractivity contribution in [3.63, 3.8) is 0 Å². The maximum absolute atomic E-state index is 6.01. The molecule has 2 aromatic heterocycles. The van der Waals surface area contributed by atoms with Crippen LogP contribution in [0.5, 0.6) is 0 Å². The van der Waals surface area contributed by atoms with E-state index in [1.807, 2.05) is 0 Å². The second-order valence-electron chi connectivity index (χ2n) is 6.38. The van der Waals surface area contributed by atoms with Gasteiger partial charge in [-0.05, 0) is 32.4 Å². The summed E-state index contributed by atoms with van der Waals surface area (Å²) < 4.78 is 2.12. The average Bonchev–Trinajstić information content (AvgIpc) is 3.16. The highest BCUT2D eigenvalue weighted by Crippen LogP contribution is 2.21. The Morgan fingerprint density at radius 1 is 1.24 bits per heavy atom. The van der Waals surface area contributed by atoms with Crippen LogP contribution in [0.15, 0.2) is 17.8 Å². The summed E-state index contributed by atoms with van der Waals surface area (Å²) >= 11 is 1.70. The van der Waals surface area contributed by atoms with Crippen LogP contribution in [0.4, 0.5) is 0 Å². The van der Waals surface area contributed by atoms with Crippen molar-refractivity contribution in [2.24, 2.45) is 5.73 Å². The Morgan fingerprint density at radius 2 is 2.10 bits per heavy atom. The van der Waals surface area contributed by atoms with Gasteiger partial charge in [0.2, 0.25) is 0 Å². The largest absolute Gasteiger partial charge is 0.328 e. The third kappa shape index (κ3) is 2.85. The first-order valence-corrected chi connectivity index (χ1v) is 8.79. The number of piperidine rings is 1. The topological polar surface area (TPSA) is 49.8 Å². The molecule has 0 aromatic carbocycles. The van der Waals surface area contributed by atoms with Crippen LogP contribution in [0.1, 0.15) is 25.0 Å². The number of rotatable bonds is 3. The smallest absolute Gasteiger partial charge is 0.193 e. The van der Waals surface area contributed by atoms with Crippen molar-refractivity contribution in [2.45, 2.75) is 37.9 Å². The number of imidazole rings is 1. The van der Waals surface area contributed by atoms with Crippen LogP contribution in [0.25, 0.3) is 4.96 Å². The predicted molar refractivity (Wildman–Crippen MR) is 85.5 cm³/mol. The van der Waals surface area contributed by atoms with Gasteiger partial charge in [-0.2, -0.15) is 0 Å². The molecular weight excluding hydrogens is 282 g/mol. The first-order chi connectivity index (χ1) is 10.3. The quantitative estimate of drug-likeness (QED) is 0.931. The summed E-state index contributed by atoms with van der Waals surface area (Å²) in [5.41, 5.74) is 7.20. The summed E-state index contributed by atoms with van der Waals surface area (Å²) in [6, 6.07) is 1.15. The van der Waals surface area contributed by atoms with Gasteiger partial charge in [-0.25, -0.2) is 4.98 Å². The van der Waals surface area contributed by atoms with Crippen LogP contribution in [0.2, 0.25) is 0 Å². The van der Waals surface area contributed by atoms with Gasteiger partial charge in [0.05, 0.1) is 5.69 Å². The van der Waals surface area contributed by atoms with E-state index >= 15 is 0 Å². The van der Waals surface area contributed by atoms with Crippen molar-refractivity contribution in [3.8, 4) is 0 Å². The van der Waals surface area contributed by atoms with E-state index in [0.29, 0.717) is 6.04 Å². The van der Waals surface area contributed by atoms with Gasteiger partial charge in [0.25, 0.3) is 0 Å². The third-order valence-electron chi connectivity index (χ3n) is 4.87. The van der Waals surface area contributed by atoms with Gasteiger partial charge in [-0.15, -0.1) is 11.3 Å². The Balaban J connectivity index is 1.34. The molecule has 0 aliphatic carbocycles. The SMILES string of the molecule is NC1CCN(C2CCN(Cc3cn4ccsc4n3)C2)CC1. The van der Waals surface area contributed by atoms with Gasteiger partial charge in [0, 0.05) is 49.5 Å². The highest BCUT2D eigenvalue weighted by molar-refractivity contribution is 7.15. The number of aromatic nitrogens is 2. The Kier molecular flexibility index (Phi) is 3.71. The maximum atomic E-state index is 6.01. The minimum Gasteiger partial charge on any atom is -0.328 e. The summed E-state index contributed by atoms with van der Waals surface area (Å²) in [5, 5.41) is 2.08. The fraction of sp³-hybridized carbons (Fsp3) is 0.667. The molecule has 0 bridgehead atoms. The number of hydrogen-bond acceptors (Lipinski definition) is 5. The van der Waals surface area contributed by atoms with E-state index in [-0.39, 0.29) is 0 Å². The van der Waals surface area contributed by atoms with E-state index in [4.69, 9.17) is 10.7 Å². The van der Waals surface area contributed by atoms with Crippen molar-refractivity contribution < 1.29 is 0 Å². The number of fused-ring (bicyclic) bond motifs is 1. The van der Waals surface area contributed by atoms with Gasteiger partial charge < -0.3 is 5.73 Å². The molecule has 2 N–H and O–H groups in total. The number of nitrogens with zero attached hydrogens (tertiary/aromatic N) is 4. The first kappa shape index (κ1) is 13.7. The second kappa shape index (κ2) is 5.68. The number of nitrogens with two attached hydrogens (primary N) is 1. The Hall–Kier alpha value is -0.950. The normalized spacial score (nSPS) is 26.0. The Labute approximate surface area is 129 Å². The summed E-state index contributed by atoms with van der Waals surface area (Å²) in [4.78, 5) is 11.0. The fourth-order valence-corrected chi connectivity index (χ4v) is 4.34. The molecule has 2 aromatic rings. The van der Waals surface area contributed by atoms with E-state index in [9.17, 15) is 0 Å². The lowest BCUT2D eigenvalue weighted by atomic mass is 10.0. The first-order valence-electron chi connectivity index (χ1n) is 7.91. The van der Waals surface area contributed by atoms with Gasteiger partial charge in [-0.1, -0.05) is 0 Å². The van der Waals surface area contributed by atoms with Crippen LogP contribution >= 0.6 is 11.3 Å². The summed E-state index contributed by atoms with van der Waals surface area (Å²) in [6.45, 7) is 5.72. The summed E-state index contributed by atoms with van der Waals surface area (Å²) in [5.74, 6) is 0. The molecule has 114 valence electrons. The van der Waals surface area contributed by atoms with Crippen molar-refractivity contribution in [1.82, 2.24) is 19.2 Å².